The monoisotopic (exact) mass is 334 g/mol. The Kier molecular flexibility index (Phi) is 4.04. The Morgan fingerprint density at radius 1 is 1.13 bits per heavy atom. The van der Waals surface area contributed by atoms with Crippen molar-refractivity contribution in [1.82, 2.24) is 0 Å². The number of benzene rings is 1. The number of esters is 1. The van der Waals surface area contributed by atoms with E-state index in [1.54, 1.807) is 12.1 Å². The van der Waals surface area contributed by atoms with Crippen molar-refractivity contribution in [2.75, 3.05) is 7.11 Å². The number of carbonyl (C=O) groups excluding carboxylic acids is 2. The van der Waals surface area contributed by atoms with E-state index in [0.29, 0.717) is 20.1 Å². The Morgan fingerprint density at radius 3 is 2.07 bits per heavy atom. The fourth-order valence-corrected chi connectivity index (χ4v) is 2.21. The van der Waals surface area contributed by atoms with Crippen LogP contribution in [0.4, 0.5) is 0 Å². The van der Waals surface area contributed by atoms with Gasteiger partial charge >= 0.3 is 5.97 Å². The zero-order valence-corrected chi connectivity index (χ0v) is 11.3. The summed E-state index contributed by atoms with van der Waals surface area (Å²) in [6, 6.07) is 3.16. The number of ether oxygens (including phenoxy) is 1. The van der Waals surface area contributed by atoms with E-state index < -0.39 is 5.97 Å². The molecule has 3 nitrogen and oxygen atoms in total. The highest BCUT2D eigenvalue weighted by Gasteiger charge is 2.15. The Labute approximate surface area is 104 Å². The fourth-order valence-electron chi connectivity index (χ4n) is 1.08. The predicted octanol–water partition coefficient (Wildman–Crippen LogP) is 3.20. The second kappa shape index (κ2) is 4.90. The molecule has 0 bridgehead atoms. The third kappa shape index (κ3) is 2.66. The standard InChI is InChI=1S/C10H8Br2O3/c1-5(13)6-3-9(12)7(4-8(6)11)10(14)15-2/h3-4H,1-2H3. The SMILES string of the molecule is COC(=O)c1cc(Br)c(C(C)=O)cc1Br. The zero-order chi connectivity index (χ0) is 11.6. The van der Waals surface area contributed by atoms with E-state index in [0.717, 1.165) is 0 Å². The summed E-state index contributed by atoms with van der Waals surface area (Å²) in [5, 5.41) is 0. The van der Waals surface area contributed by atoms with Crippen LogP contribution in [0.5, 0.6) is 0 Å². The molecule has 1 aromatic carbocycles. The molecule has 0 fully saturated rings. The van der Waals surface area contributed by atoms with Crippen molar-refractivity contribution >= 4 is 43.6 Å². The minimum atomic E-state index is -0.447. The lowest BCUT2D eigenvalue weighted by molar-refractivity contribution is 0.0599. The molecule has 0 amide bonds. The molecule has 0 saturated heterocycles. The smallest absolute Gasteiger partial charge is 0.339 e. The van der Waals surface area contributed by atoms with E-state index >= 15 is 0 Å². The first-order chi connectivity index (χ1) is 6.97. The van der Waals surface area contributed by atoms with E-state index in [1.807, 2.05) is 0 Å². The first-order valence-corrected chi connectivity index (χ1v) is 5.64. The largest absolute Gasteiger partial charge is 0.465 e. The summed E-state index contributed by atoms with van der Waals surface area (Å²) in [6.45, 7) is 1.46. The second-order valence-electron chi connectivity index (χ2n) is 2.86. The number of carbonyl (C=O) groups is 2. The number of methoxy groups -OCH3 is 1. The number of rotatable bonds is 2. The van der Waals surface area contributed by atoms with Crippen LogP contribution in [0.25, 0.3) is 0 Å². The van der Waals surface area contributed by atoms with Crippen molar-refractivity contribution in [2.24, 2.45) is 0 Å². The summed E-state index contributed by atoms with van der Waals surface area (Å²) in [4.78, 5) is 22.5. The van der Waals surface area contributed by atoms with Gasteiger partial charge in [-0.25, -0.2) is 4.79 Å². The van der Waals surface area contributed by atoms with Crippen LogP contribution in [0, 0.1) is 0 Å². The number of Topliss-reactive ketones (excluding diaryl/α,β-unsaturated/α-hetero) is 1. The van der Waals surface area contributed by atoms with Gasteiger partial charge in [0.05, 0.1) is 12.7 Å². The van der Waals surface area contributed by atoms with Gasteiger partial charge in [0.1, 0.15) is 0 Å². The molecular weight excluding hydrogens is 328 g/mol. The Morgan fingerprint density at radius 2 is 1.60 bits per heavy atom. The summed E-state index contributed by atoms with van der Waals surface area (Å²) in [6.07, 6.45) is 0. The molecule has 0 heterocycles. The third-order valence-corrected chi connectivity index (χ3v) is 3.15. The van der Waals surface area contributed by atoms with Crippen LogP contribution in [0.3, 0.4) is 0 Å². The number of halogens is 2. The highest BCUT2D eigenvalue weighted by molar-refractivity contribution is 9.11. The van der Waals surface area contributed by atoms with E-state index in [4.69, 9.17) is 0 Å². The summed E-state index contributed by atoms with van der Waals surface area (Å²) in [7, 11) is 1.31. The van der Waals surface area contributed by atoms with Gasteiger partial charge in [0, 0.05) is 14.5 Å². The lowest BCUT2D eigenvalue weighted by Gasteiger charge is -2.06. The molecule has 0 saturated carbocycles. The first-order valence-electron chi connectivity index (χ1n) is 4.05. The molecule has 80 valence electrons. The molecular formula is C10H8Br2O3. The van der Waals surface area contributed by atoms with E-state index in [1.165, 1.54) is 14.0 Å². The third-order valence-electron chi connectivity index (χ3n) is 1.84. The molecule has 0 radical (unpaired) electrons. The maximum atomic E-state index is 11.3. The molecule has 0 aliphatic rings. The Balaban J connectivity index is 3.31. The molecule has 0 N–H and O–H groups in total. The van der Waals surface area contributed by atoms with Crippen LogP contribution in [0.1, 0.15) is 27.6 Å². The Bertz CT molecular complexity index is 427. The van der Waals surface area contributed by atoms with Crippen LogP contribution in [-0.4, -0.2) is 18.9 Å². The van der Waals surface area contributed by atoms with Gasteiger partial charge in [0.15, 0.2) is 5.78 Å². The average Bonchev–Trinajstić information content (AvgIpc) is 2.19. The molecule has 1 rings (SSSR count). The van der Waals surface area contributed by atoms with Crippen LogP contribution >= 0.6 is 31.9 Å². The molecule has 0 unspecified atom stereocenters. The van der Waals surface area contributed by atoms with Crippen LogP contribution < -0.4 is 0 Å². The topological polar surface area (TPSA) is 43.4 Å². The van der Waals surface area contributed by atoms with Gasteiger partial charge < -0.3 is 4.74 Å². The first kappa shape index (κ1) is 12.4. The van der Waals surface area contributed by atoms with E-state index in [-0.39, 0.29) is 5.78 Å². The van der Waals surface area contributed by atoms with Gasteiger partial charge in [-0.05, 0) is 35.0 Å². The fraction of sp³-hybridized carbons (Fsp3) is 0.200. The van der Waals surface area contributed by atoms with Gasteiger partial charge in [0.25, 0.3) is 0 Å². The minimum Gasteiger partial charge on any atom is -0.465 e. The van der Waals surface area contributed by atoms with Gasteiger partial charge in [-0.3, -0.25) is 4.79 Å². The van der Waals surface area contributed by atoms with Crippen molar-refractivity contribution in [3.8, 4) is 0 Å². The lowest BCUT2D eigenvalue weighted by atomic mass is 10.1. The van der Waals surface area contributed by atoms with Crippen molar-refractivity contribution in [3.63, 3.8) is 0 Å². The minimum absolute atomic E-state index is 0.0704. The molecule has 0 aliphatic heterocycles. The van der Waals surface area contributed by atoms with Gasteiger partial charge in [-0.2, -0.15) is 0 Å². The van der Waals surface area contributed by atoms with Crippen LogP contribution in [-0.2, 0) is 4.74 Å². The summed E-state index contributed by atoms with van der Waals surface area (Å²) in [5.74, 6) is -0.517. The quantitative estimate of drug-likeness (QED) is 0.615. The second-order valence-corrected chi connectivity index (χ2v) is 4.57. The summed E-state index contributed by atoms with van der Waals surface area (Å²) >= 11 is 6.45. The highest BCUT2D eigenvalue weighted by atomic mass is 79.9. The molecule has 0 atom stereocenters. The normalized spacial score (nSPS) is 9.87. The zero-order valence-electron chi connectivity index (χ0n) is 8.14. The van der Waals surface area contributed by atoms with Crippen molar-refractivity contribution in [2.45, 2.75) is 6.92 Å². The maximum Gasteiger partial charge on any atom is 0.339 e. The van der Waals surface area contributed by atoms with Crippen molar-refractivity contribution in [1.29, 1.82) is 0 Å². The number of hydrogen-bond acceptors (Lipinski definition) is 3. The predicted molar refractivity (Wildman–Crippen MR) is 63.2 cm³/mol. The molecule has 5 heteroatoms. The van der Waals surface area contributed by atoms with Gasteiger partial charge in [0.2, 0.25) is 0 Å². The maximum absolute atomic E-state index is 11.3. The Hall–Kier alpha value is -0.680. The van der Waals surface area contributed by atoms with E-state index in [9.17, 15) is 9.59 Å². The van der Waals surface area contributed by atoms with Crippen LogP contribution in [0.15, 0.2) is 21.1 Å². The molecule has 0 spiro atoms. The van der Waals surface area contributed by atoms with Gasteiger partial charge in [-0.1, -0.05) is 15.9 Å². The lowest BCUT2D eigenvalue weighted by Crippen LogP contribution is -2.04. The van der Waals surface area contributed by atoms with Crippen LogP contribution in [0.2, 0.25) is 0 Å². The molecule has 1 aromatic rings. The number of hydrogen-bond donors (Lipinski definition) is 0. The van der Waals surface area contributed by atoms with E-state index in [2.05, 4.69) is 36.6 Å². The molecule has 0 aliphatic carbocycles. The van der Waals surface area contributed by atoms with Crippen molar-refractivity contribution in [3.05, 3.63) is 32.2 Å². The summed E-state index contributed by atoms with van der Waals surface area (Å²) in [5.41, 5.74) is 0.906. The average molecular weight is 336 g/mol. The molecule has 15 heavy (non-hydrogen) atoms. The highest BCUT2D eigenvalue weighted by Crippen LogP contribution is 2.26. The van der Waals surface area contributed by atoms with Gasteiger partial charge in [-0.15, -0.1) is 0 Å². The van der Waals surface area contributed by atoms with Crippen molar-refractivity contribution < 1.29 is 14.3 Å². The molecule has 0 aromatic heterocycles. The number of ketones is 1. The summed E-state index contributed by atoms with van der Waals surface area (Å²) < 4.78 is 5.72.